The Bertz CT molecular complexity index is 1350. The normalized spacial score (nSPS) is 11.8. The summed E-state index contributed by atoms with van der Waals surface area (Å²) in [7, 11) is 0. The molecule has 0 aliphatic rings. The minimum absolute atomic E-state index is 0.0394. The van der Waals surface area contributed by atoms with Gasteiger partial charge in [0.25, 0.3) is 0 Å². The molecule has 4 rings (SSSR count). The first kappa shape index (κ1) is 26.6. The van der Waals surface area contributed by atoms with E-state index in [-0.39, 0.29) is 18.4 Å². The summed E-state index contributed by atoms with van der Waals surface area (Å²) in [6, 6.07) is 19.2. The summed E-state index contributed by atoms with van der Waals surface area (Å²) in [6.07, 6.45) is -1.18. The number of hydrogen-bond acceptors (Lipinski definition) is 1. The molecule has 0 saturated carbocycles. The maximum atomic E-state index is 15.2. The van der Waals surface area contributed by atoms with Crippen LogP contribution in [0.15, 0.2) is 66.7 Å². The average molecular weight is 517 g/mol. The zero-order valence-corrected chi connectivity index (χ0v) is 20.3. The van der Waals surface area contributed by atoms with Crippen molar-refractivity contribution in [3.8, 4) is 5.75 Å². The summed E-state index contributed by atoms with van der Waals surface area (Å²) in [4.78, 5) is 0. The topological polar surface area (TPSA) is 9.23 Å². The van der Waals surface area contributed by atoms with Crippen molar-refractivity contribution < 1.29 is 31.1 Å². The third-order valence-corrected chi connectivity index (χ3v) is 6.32. The van der Waals surface area contributed by atoms with Gasteiger partial charge in [0.15, 0.2) is 11.6 Å². The summed E-state index contributed by atoms with van der Waals surface area (Å²) < 4.78 is 83.5. The van der Waals surface area contributed by atoms with Gasteiger partial charge in [0.2, 0.25) is 5.75 Å². The second kappa shape index (κ2) is 11.3. The fourth-order valence-corrected chi connectivity index (χ4v) is 4.43. The highest BCUT2D eigenvalue weighted by Gasteiger charge is 2.34. The molecule has 0 aliphatic heterocycles. The van der Waals surface area contributed by atoms with Gasteiger partial charge in [0.05, 0.1) is 0 Å². The molecule has 0 bridgehead atoms. The molecule has 0 amide bonds. The van der Waals surface area contributed by atoms with E-state index < -0.39 is 29.6 Å². The van der Waals surface area contributed by atoms with E-state index in [2.05, 4.69) is 35.9 Å². The van der Waals surface area contributed by atoms with Crippen molar-refractivity contribution in [1.29, 1.82) is 0 Å². The molecular formula is C30H26F6O. The Morgan fingerprint density at radius 1 is 0.622 bits per heavy atom. The standard InChI is InChI=1S/C30H26F6O/c1-2-3-19-4-6-20(7-5-19)8-9-21-11-15-25-24(16-21)14-13-23(28(25)33)12-10-22-17-26(31)29(27(32)18-22)37-30(34,35)36/h4-7,11,13-18H,2-3,8-10,12H2,1H3. The Labute approximate surface area is 211 Å². The summed E-state index contributed by atoms with van der Waals surface area (Å²) in [5.41, 5.74) is 4.11. The van der Waals surface area contributed by atoms with E-state index in [1.54, 1.807) is 18.2 Å². The minimum atomic E-state index is -5.21. The molecule has 4 aromatic rings. The SMILES string of the molecule is CCCc1ccc(CCc2ccc3c(F)c(CCc4cc(F)c(OC(F)(F)F)c(F)c4)ccc3c2)cc1. The van der Waals surface area contributed by atoms with Crippen LogP contribution in [-0.4, -0.2) is 6.36 Å². The first-order valence-corrected chi connectivity index (χ1v) is 12.1. The van der Waals surface area contributed by atoms with E-state index in [4.69, 9.17) is 0 Å². The van der Waals surface area contributed by atoms with Crippen molar-refractivity contribution in [2.45, 2.75) is 51.8 Å². The summed E-state index contributed by atoms with van der Waals surface area (Å²) in [6.45, 7) is 2.15. The maximum Gasteiger partial charge on any atom is 0.573 e. The molecule has 0 N–H and O–H groups in total. The van der Waals surface area contributed by atoms with E-state index in [0.717, 1.165) is 48.8 Å². The smallest absolute Gasteiger partial charge is 0.399 e. The average Bonchev–Trinajstić information content (AvgIpc) is 2.85. The maximum absolute atomic E-state index is 15.2. The molecule has 0 fully saturated rings. The quantitative estimate of drug-likeness (QED) is 0.202. The van der Waals surface area contributed by atoms with Crippen LogP contribution in [0.4, 0.5) is 26.3 Å². The molecule has 37 heavy (non-hydrogen) atoms. The van der Waals surface area contributed by atoms with Gasteiger partial charge in [-0.15, -0.1) is 13.2 Å². The van der Waals surface area contributed by atoms with Crippen molar-refractivity contribution in [2.75, 3.05) is 0 Å². The van der Waals surface area contributed by atoms with Gasteiger partial charge in [0.1, 0.15) is 5.82 Å². The lowest BCUT2D eigenvalue weighted by Gasteiger charge is -2.12. The molecule has 0 spiro atoms. The van der Waals surface area contributed by atoms with Gasteiger partial charge >= 0.3 is 6.36 Å². The molecule has 0 radical (unpaired) electrons. The zero-order chi connectivity index (χ0) is 26.6. The van der Waals surface area contributed by atoms with Crippen LogP contribution in [0.5, 0.6) is 5.75 Å². The lowest BCUT2D eigenvalue weighted by Crippen LogP contribution is -2.19. The predicted molar refractivity (Wildman–Crippen MR) is 132 cm³/mol. The van der Waals surface area contributed by atoms with Gasteiger partial charge in [-0.1, -0.05) is 67.9 Å². The van der Waals surface area contributed by atoms with Crippen LogP contribution in [0.2, 0.25) is 0 Å². The van der Waals surface area contributed by atoms with E-state index in [0.29, 0.717) is 10.9 Å². The Balaban J connectivity index is 1.43. The first-order valence-electron chi connectivity index (χ1n) is 12.1. The summed E-state index contributed by atoms with van der Waals surface area (Å²) >= 11 is 0. The van der Waals surface area contributed by atoms with Gasteiger partial charge < -0.3 is 4.74 Å². The van der Waals surface area contributed by atoms with Crippen LogP contribution in [0, 0.1) is 17.5 Å². The van der Waals surface area contributed by atoms with E-state index in [1.807, 2.05) is 12.1 Å². The third kappa shape index (κ3) is 6.85. The van der Waals surface area contributed by atoms with Crippen LogP contribution < -0.4 is 4.74 Å². The fraction of sp³-hybridized carbons (Fsp3) is 0.267. The van der Waals surface area contributed by atoms with Crippen LogP contribution in [0.3, 0.4) is 0 Å². The third-order valence-electron chi connectivity index (χ3n) is 6.32. The van der Waals surface area contributed by atoms with Crippen molar-refractivity contribution >= 4 is 10.8 Å². The molecule has 4 aromatic carbocycles. The highest BCUT2D eigenvalue weighted by Crippen LogP contribution is 2.30. The van der Waals surface area contributed by atoms with E-state index >= 15 is 4.39 Å². The fourth-order valence-electron chi connectivity index (χ4n) is 4.43. The van der Waals surface area contributed by atoms with Crippen molar-refractivity contribution in [3.05, 3.63) is 112 Å². The Hall–Kier alpha value is -3.48. The van der Waals surface area contributed by atoms with Gasteiger partial charge in [-0.05, 0) is 77.4 Å². The second-order valence-corrected chi connectivity index (χ2v) is 9.10. The number of rotatable bonds is 9. The summed E-state index contributed by atoms with van der Waals surface area (Å²) in [5.74, 6) is -4.85. The molecule has 0 atom stereocenters. The number of benzene rings is 4. The second-order valence-electron chi connectivity index (χ2n) is 9.10. The lowest BCUT2D eigenvalue weighted by atomic mass is 9.97. The Morgan fingerprint density at radius 3 is 1.81 bits per heavy atom. The Morgan fingerprint density at radius 2 is 1.19 bits per heavy atom. The van der Waals surface area contributed by atoms with Gasteiger partial charge in [-0.2, -0.15) is 0 Å². The van der Waals surface area contributed by atoms with Crippen molar-refractivity contribution in [1.82, 2.24) is 0 Å². The predicted octanol–water partition coefficient (Wildman–Crippen LogP) is 8.68. The van der Waals surface area contributed by atoms with Crippen LogP contribution in [0.1, 0.15) is 41.2 Å². The first-order chi connectivity index (χ1) is 17.6. The molecule has 194 valence electrons. The number of hydrogen-bond donors (Lipinski definition) is 0. The van der Waals surface area contributed by atoms with Crippen molar-refractivity contribution in [2.24, 2.45) is 0 Å². The number of ether oxygens (including phenoxy) is 1. The molecule has 7 heteroatoms. The van der Waals surface area contributed by atoms with Gasteiger partial charge in [-0.3, -0.25) is 0 Å². The molecule has 0 saturated heterocycles. The number of alkyl halides is 3. The minimum Gasteiger partial charge on any atom is -0.399 e. The molecule has 1 nitrogen and oxygen atoms in total. The highest BCUT2D eigenvalue weighted by molar-refractivity contribution is 5.84. The molecule has 0 heterocycles. The van der Waals surface area contributed by atoms with Gasteiger partial charge in [0, 0.05) is 5.39 Å². The molecular weight excluding hydrogens is 490 g/mol. The molecule has 0 unspecified atom stereocenters. The van der Waals surface area contributed by atoms with Crippen LogP contribution >= 0.6 is 0 Å². The van der Waals surface area contributed by atoms with Crippen molar-refractivity contribution in [3.63, 3.8) is 0 Å². The monoisotopic (exact) mass is 516 g/mol. The van der Waals surface area contributed by atoms with Crippen LogP contribution in [0.25, 0.3) is 10.8 Å². The zero-order valence-electron chi connectivity index (χ0n) is 20.3. The number of aryl methyl sites for hydroxylation is 5. The summed E-state index contributed by atoms with van der Waals surface area (Å²) in [5, 5.41) is 1.19. The number of halogens is 6. The lowest BCUT2D eigenvalue weighted by molar-refractivity contribution is -0.276. The van der Waals surface area contributed by atoms with Gasteiger partial charge in [-0.25, -0.2) is 13.2 Å². The van der Waals surface area contributed by atoms with E-state index in [9.17, 15) is 22.0 Å². The molecule has 0 aromatic heterocycles. The number of fused-ring (bicyclic) bond motifs is 1. The van der Waals surface area contributed by atoms with E-state index in [1.165, 1.54) is 11.1 Å². The van der Waals surface area contributed by atoms with Crippen LogP contribution in [-0.2, 0) is 32.1 Å². The molecule has 0 aliphatic carbocycles. The Kier molecular flexibility index (Phi) is 8.10. The largest absolute Gasteiger partial charge is 0.573 e. The highest BCUT2D eigenvalue weighted by atomic mass is 19.4.